The van der Waals surface area contributed by atoms with E-state index < -0.39 is 29.9 Å². The molecule has 0 spiro atoms. The lowest BCUT2D eigenvalue weighted by Gasteiger charge is -2.17. The lowest BCUT2D eigenvalue weighted by Crippen LogP contribution is -2.42. The third-order valence-electron chi connectivity index (χ3n) is 9.33. The summed E-state index contributed by atoms with van der Waals surface area (Å²) in [5, 5.41) is 11.4. The van der Waals surface area contributed by atoms with Crippen molar-refractivity contribution < 1.29 is 33.8 Å². The fourth-order valence-electron chi connectivity index (χ4n) is 6.12. The van der Waals surface area contributed by atoms with Crippen molar-refractivity contribution in [3.63, 3.8) is 0 Å². The van der Waals surface area contributed by atoms with Gasteiger partial charge in [0, 0.05) is 12.8 Å². The molecule has 0 saturated heterocycles. The zero-order chi connectivity index (χ0) is 36.0. The van der Waals surface area contributed by atoms with E-state index in [0.29, 0.717) is 6.61 Å². The number of carbonyl (C=O) groups is 4. The van der Waals surface area contributed by atoms with Gasteiger partial charge in [-0.3, -0.25) is 14.4 Å². The summed E-state index contributed by atoms with van der Waals surface area (Å²) < 4.78 is 10.8. The number of ether oxygens (including phenoxy) is 2. The van der Waals surface area contributed by atoms with Crippen molar-refractivity contribution in [2.24, 2.45) is 0 Å². The SMILES string of the molecule is CCCCCCCCCCCCCCCCOC(=O)CC[C@H](NC(=O)CCC(=O)O)C(=O)OCCCCCCCCCCCCCCCC. The van der Waals surface area contributed by atoms with Gasteiger partial charge in [0.1, 0.15) is 6.04 Å². The molecule has 8 nitrogen and oxygen atoms in total. The third-order valence-corrected chi connectivity index (χ3v) is 9.33. The minimum absolute atomic E-state index is 0.0174. The Labute approximate surface area is 301 Å². The number of carbonyl (C=O) groups excluding carboxylic acids is 3. The second kappa shape index (κ2) is 37.1. The topological polar surface area (TPSA) is 119 Å². The highest BCUT2D eigenvalue weighted by molar-refractivity contribution is 5.86. The first kappa shape index (κ1) is 46.9. The Morgan fingerprint density at radius 1 is 0.469 bits per heavy atom. The van der Waals surface area contributed by atoms with Crippen LogP contribution >= 0.6 is 0 Å². The van der Waals surface area contributed by atoms with Crippen molar-refractivity contribution >= 4 is 23.8 Å². The van der Waals surface area contributed by atoms with Gasteiger partial charge in [-0.25, -0.2) is 4.79 Å². The molecule has 0 saturated carbocycles. The van der Waals surface area contributed by atoms with Crippen LogP contribution in [0.4, 0.5) is 0 Å². The summed E-state index contributed by atoms with van der Waals surface area (Å²) in [5.74, 6) is -2.62. The van der Waals surface area contributed by atoms with E-state index in [-0.39, 0.29) is 32.3 Å². The van der Waals surface area contributed by atoms with Gasteiger partial charge in [0.15, 0.2) is 0 Å². The Bertz CT molecular complexity index is 788. The first-order chi connectivity index (χ1) is 23.9. The molecule has 0 aromatic carbocycles. The van der Waals surface area contributed by atoms with Crippen molar-refractivity contribution in [1.29, 1.82) is 0 Å². The molecule has 0 radical (unpaired) electrons. The average molecular weight is 696 g/mol. The van der Waals surface area contributed by atoms with Crippen LogP contribution in [-0.4, -0.2) is 48.2 Å². The van der Waals surface area contributed by atoms with Crippen molar-refractivity contribution in [2.45, 2.75) is 225 Å². The number of aliphatic carboxylic acids is 1. The summed E-state index contributed by atoms with van der Waals surface area (Å²) in [6, 6.07) is -0.999. The summed E-state index contributed by atoms with van der Waals surface area (Å²) in [5.41, 5.74) is 0. The van der Waals surface area contributed by atoms with Gasteiger partial charge in [-0.15, -0.1) is 0 Å². The van der Waals surface area contributed by atoms with Crippen LogP contribution in [0.5, 0.6) is 0 Å². The van der Waals surface area contributed by atoms with Crippen molar-refractivity contribution in [1.82, 2.24) is 5.32 Å². The van der Waals surface area contributed by atoms with Crippen LogP contribution in [-0.2, 0) is 28.7 Å². The normalized spacial score (nSPS) is 11.7. The molecule has 0 aliphatic heterocycles. The van der Waals surface area contributed by atoms with E-state index in [9.17, 15) is 19.2 Å². The molecule has 49 heavy (non-hydrogen) atoms. The van der Waals surface area contributed by atoms with E-state index in [1.165, 1.54) is 141 Å². The standard InChI is InChI=1S/C41H77NO7/c1-3-5-7-9-11-13-15-17-19-21-23-25-27-29-35-48-40(46)34-31-37(42-38(43)32-33-39(44)45)41(47)49-36-30-28-26-24-22-20-18-16-14-12-10-8-6-4-2/h37H,3-36H2,1-2H3,(H,42,43)(H,44,45)/t37-/m0/s1. The Kier molecular flexibility index (Phi) is 35.5. The third kappa shape index (κ3) is 35.5. The number of rotatable bonds is 38. The molecule has 0 aliphatic carbocycles. The molecule has 0 aromatic rings. The second-order valence-corrected chi connectivity index (χ2v) is 14.1. The largest absolute Gasteiger partial charge is 0.481 e. The van der Waals surface area contributed by atoms with E-state index in [0.717, 1.165) is 38.5 Å². The maximum absolute atomic E-state index is 12.8. The van der Waals surface area contributed by atoms with Crippen molar-refractivity contribution in [2.75, 3.05) is 13.2 Å². The Hall–Kier alpha value is -2.12. The summed E-state index contributed by atoms with van der Waals surface area (Å²) in [6.07, 6.45) is 34.5. The highest BCUT2D eigenvalue weighted by atomic mass is 16.5. The van der Waals surface area contributed by atoms with Gasteiger partial charge in [-0.1, -0.05) is 181 Å². The molecule has 0 bridgehead atoms. The first-order valence-electron chi connectivity index (χ1n) is 20.7. The Balaban J connectivity index is 4.05. The molecule has 1 amide bonds. The number of unbranched alkanes of at least 4 members (excludes halogenated alkanes) is 26. The molecule has 2 N–H and O–H groups in total. The predicted molar refractivity (Wildman–Crippen MR) is 201 cm³/mol. The van der Waals surface area contributed by atoms with Gasteiger partial charge in [-0.2, -0.15) is 0 Å². The lowest BCUT2D eigenvalue weighted by atomic mass is 10.0. The number of amides is 1. The molecule has 0 heterocycles. The monoisotopic (exact) mass is 696 g/mol. The van der Waals surface area contributed by atoms with Crippen LogP contribution in [0.2, 0.25) is 0 Å². The molecule has 288 valence electrons. The molecule has 1 atom stereocenters. The van der Waals surface area contributed by atoms with Crippen LogP contribution in [0.1, 0.15) is 219 Å². The number of hydrogen-bond acceptors (Lipinski definition) is 6. The fraction of sp³-hybridized carbons (Fsp3) is 0.902. The number of nitrogens with one attached hydrogen (secondary N) is 1. The van der Waals surface area contributed by atoms with Gasteiger partial charge in [0.2, 0.25) is 5.91 Å². The zero-order valence-corrected chi connectivity index (χ0v) is 32.0. The number of hydrogen-bond donors (Lipinski definition) is 2. The minimum atomic E-state index is -1.08. The van der Waals surface area contributed by atoms with Gasteiger partial charge in [0.05, 0.1) is 19.6 Å². The molecule has 0 unspecified atom stereocenters. The van der Waals surface area contributed by atoms with E-state index in [1.54, 1.807) is 0 Å². The van der Waals surface area contributed by atoms with Gasteiger partial charge in [0.25, 0.3) is 0 Å². The lowest BCUT2D eigenvalue weighted by molar-refractivity contribution is -0.149. The fourth-order valence-corrected chi connectivity index (χ4v) is 6.12. The summed E-state index contributed by atoms with van der Waals surface area (Å²) in [4.78, 5) is 48.2. The Morgan fingerprint density at radius 3 is 1.18 bits per heavy atom. The molecule has 0 aromatic heterocycles. The van der Waals surface area contributed by atoms with Crippen LogP contribution in [0, 0.1) is 0 Å². The first-order valence-corrected chi connectivity index (χ1v) is 20.7. The molecule has 0 rings (SSSR count). The van der Waals surface area contributed by atoms with E-state index in [2.05, 4.69) is 19.2 Å². The molecule has 0 fully saturated rings. The highest BCUT2D eigenvalue weighted by Gasteiger charge is 2.24. The molecule has 0 aliphatic rings. The van der Waals surface area contributed by atoms with Crippen molar-refractivity contribution in [3.05, 3.63) is 0 Å². The molecular formula is C41H77NO7. The smallest absolute Gasteiger partial charge is 0.328 e. The van der Waals surface area contributed by atoms with Crippen molar-refractivity contribution in [3.8, 4) is 0 Å². The predicted octanol–water partition coefficient (Wildman–Crippen LogP) is 11.2. The number of esters is 2. The summed E-state index contributed by atoms with van der Waals surface area (Å²) in [6.45, 7) is 5.13. The maximum atomic E-state index is 12.8. The van der Waals surface area contributed by atoms with E-state index in [4.69, 9.17) is 14.6 Å². The maximum Gasteiger partial charge on any atom is 0.328 e. The van der Waals surface area contributed by atoms with E-state index >= 15 is 0 Å². The van der Waals surface area contributed by atoms with Crippen LogP contribution in [0.15, 0.2) is 0 Å². The summed E-state index contributed by atoms with van der Waals surface area (Å²) >= 11 is 0. The van der Waals surface area contributed by atoms with Crippen LogP contribution < -0.4 is 5.32 Å². The van der Waals surface area contributed by atoms with Gasteiger partial charge < -0.3 is 19.9 Å². The highest BCUT2D eigenvalue weighted by Crippen LogP contribution is 2.15. The summed E-state index contributed by atoms with van der Waals surface area (Å²) in [7, 11) is 0. The van der Waals surface area contributed by atoms with Crippen LogP contribution in [0.25, 0.3) is 0 Å². The average Bonchev–Trinajstić information content (AvgIpc) is 3.08. The zero-order valence-electron chi connectivity index (χ0n) is 32.0. The van der Waals surface area contributed by atoms with Crippen LogP contribution in [0.3, 0.4) is 0 Å². The second-order valence-electron chi connectivity index (χ2n) is 14.1. The number of carboxylic acid groups (broad SMARTS) is 1. The number of carboxylic acids is 1. The minimum Gasteiger partial charge on any atom is -0.481 e. The van der Waals surface area contributed by atoms with E-state index in [1.807, 2.05) is 0 Å². The molecular weight excluding hydrogens is 618 g/mol. The Morgan fingerprint density at radius 2 is 0.816 bits per heavy atom. The quantitative estimate of drug-likeness (QED) is 0.0487. The van der Waals surface area contributed by atoms with Gasteiger partial charge in [-0.05, 0) is 19.3 Å². The van der Waals surface area contributed by atoms with Gasteiger partial charge >= 0.3 is 17.9 Å². The molecule has 8 heteroatoms.